The molecule has 0 bridgehead atoms. The van der Waals surface area contributed by atoms with Gasteiger partial charge in [-0.2, -0.15) is 0 Å². The van der Waals surface area contributed by atoms with Crippen LogP contribution in [0.1, 0.15) is 27.7 Å². The summed E-state index contributed by atoms with van der Waals surface area (Å²) in [6.07, 6.45) is -0.458. The zero-order valence-electron chi connectivity index (χ0n) is 10.3. The van der Waals surface area contributed by atoms with Crippen molar-refractivity contribution < 1.29 is 9.53 Å². The Hall–Kier alpha value is -2.00. The van der Waals surface area contributed by atoms with Crippen LogP contribution in [0.4, 0.5) is 5.69 Å². The molecule has 3 nitrogen and oxygen atoms in total. The summed E-state index contributed by atoms with van der Waals surface area (Å²) in [6.45, 7) is 1.92. The lowest BCUT2D eigenvalue weighted by atomic mass is 10.1. The highest BCUT2D eigenvalue weighted by Gasteiger charge is 2.30. The van der Waals surface area contributed by atoms with Crippen molar-refractivity contribution in [2.75, 3.05) is 5.32 Å². The Labute approximate surface area is 116 Å². The highest BCUT2D eigenvalue weighted by Crippen LogP contribution is 2.33. The number of ether oxygens (including phenoxy) is 1. The number of carbonyl (C=O) groups is 1. The van der Waals surface area contributed by atoms with Gasteiger partial charge in [-0.1, -0.05) is 35.9 Å². The lowest BCUT2D eigenvalue weighted by Gasteiger charge is -2.16. The van der Waals surface area contributed by atoms with Crippen LogP contribution >= 0.6 is 11.6 Å². The number of halogens is 1. The van der Waals surface area contributed by atoms with E-state index in [2.05, 4.69) is 5.32 Å². The molecule has 0 fully saturated rings. The normalized spacial score (nSPS) is 16.9. The minimum absolute atomic E-state index is 0.298. The van der Waals surface area contributed by atoms with Crippen molar-refractivity contribution in [3.63, 3.8) is 0 Å². The summed E-state index contributed by atoms with van der Waals surface area (Å²) in [4.78, 5) is 11.7. The summed E-state index contributed by atoms with van der Waals surface area (Å²) in [7, 11) is 0. The maximum absolute atomic E-state index is 11.7. The second kappa shape index (κ2) is 4.59. The van der Waals surface area contributed by atoms with Gasteiger partial charge in [0.2, 0.25) is 6.23 Å². The fourth-order valence-electron chi connectivity index (χ4n) is 2.16. The van der Waals surface area contributed by atoms with Gasteiger partial charge >= 0.3 is 5.97 Å². The van der Waals surface area contributed by atoms with Gasteiger partial charge in [0.05, 0.1) is 5.56 Å². The maximum atomic E-state index is 11.7. The molecule has 0 unspecified atom stereocenters. The number of benzene rings is 2. The van der Waals surface area contributed by atoms with E-state index >= 15 is 0 Å². The smallest absolute Gasteiger partial charge is 0.340 e. The van der Waals surface area contributed by atoms with E-state index in [1.54, 1.807) is 6.07 Å². The number of fused-ring (bicyclic) bond motifs is 1. The molecule has 1 N–H and O–H groups in total. The fourth-order valence-corrected chi connectivity index (χ4v) is 2.33. The van der Waals surface area contributed by atoms with Crippen LogP contribution in [0, 0.1) is 6.92 Å². The highest BCUT2D eigenvalue weighted by atomic mass is 35.5. The lowest BCUT2D eigenvalue weighted by Crippen LogP contribution is -2.11. The Balaban J connectivity index is 1.94. The standard InChI is InChI=1S/C15H12ClNO2/c1-9-12(16)7-4-8-13(9)17-14-10-5-2-3-6-11(10)15(18)19-14/h2-8,14,17H,1H3/t14-/m1/s1. The Bertz CT molecular complexity index is 654. The van der Waals surface area contributed by atoms with Crippen LogP contribution in [0.3, 0.4) is 0 Å². The van der Waals surface area contributed by atoms with E-state index < -0.39 is 6.23 Å². The third-order valence-electron chi connectivity index (χ3n) is 3.24. The highest BCUT2D eigenvalue weighted by molar-refractivity contribution is 6.31. The second-order valence-corrected chi connectivity index (χ2v) is 4.84. The molecule has 0 spiro atoms. The number of hydrogen-bond acceptors (Lipinski definition) is 3. The molecule has 0 aromatic heterocycles. The average Bonchev–Trinajstić information content (AvgIpc) is 2.73. The van der Waals surface area contributed by atoms with Gasteiger partial charge in [0.15, 0.2) is 0 Å². The van der Waals surface area contributed by atoms with Crippen molar-refractivity contribution in [3.05, 3.63) is 64.2 Å². The quantitative estimate of drug-likeness (QED) is 0.843. The number of carbonyl (C=O) groups excluding carboxylic acids is 1. The monoisotopic (exact) mass is 273 g/mol. The maximum Gasteiger partial charge on any atom is 0.340 e. The predicted octanol–water partition coefficient (Wildman–Crippen LogP) is 3.93. The molecule has 0 radical (unpaired) electrons. The van der Waals surface area contributed by atoms with Crippen LogP contribution in [0.2, 0.25) is 5.02 Å². The summed E-state index contributed by atoms with van der Waals surface area (Å²) in [5.74, 6) is -0.298. The van der Waals surface area contributed by atoms with Crippen molar-refractivity contribution in [1.82, 2.24) is 0 Å². The van der Waals surface area contributed by atoms with Crippen LogP contribution in [-0.4, -0.2) is 5.97 Å². The van der Waals surface area contributed by atoms with Crippen molar-refractivity contribution in [2.45, 2.75) is 13.2 Å². The number of cyclic esters (lactones) is 1. The van der Waals surface area contributed by atoms with E-state index in [0.29, 0.717) is 10.6 Å². The fraction of sp³-hybridized carbons (Fsp3) is 0.133. The molecule has 4 heteroatoms. The second-order valence-electron chi connectivity index (χ2n) is 4.43. The molecule has 19 heavy (non-hydrogen) atoms. The third kappa shape index (κ3) is 2.06. The zero-order chi connectivity index (χ0) is 13.4. The van der Waals surface area contributed by atoms with Crippen molar-refractivity contribution in [2.24, 2.45) is 0 Å². The first-order valence-electron chi connectivity index (χ1n) is 5.98. The van der Waals surface area contributed by atoms with Crippen molar-refractivity contribution in [3.8, 4) is 0 Å². The summed E-state index contributed by atoms with van der Waals surface area (Å²) < 4.78 is 5.34. The van der Waals surface area contributed by atoms with Crippen LogP contribution in [0.5, 0.6) is 0 Å². The van der Waals surface area contributed by atoms with Gasteiger partial charge in [-0.3, -0.25) is 0 Å². The molecule has 0 aliphatic carbocycles. The first kappa shape index (κ1) is 12.1. The van der Waals surface area contributed by atoms with Gasteiger partial charge in [0.25, 0.3) is 0 Å². The lowest BCUT2D eigenvalue weighted by molar-refractivity contribution is 0.0437. The van der Waals surface area contributed by atoms with Crippen LogP contribution < -0.4 is 5.32 Å². The Morgan fingerprint density at radius 2 is 1.95 bits per heavy atom. The predicted molar refractivity (Wildman–Crippen MR) is 74.4 cm³/mol. The molecule has 96 valence electrons. The molecule has 0 saturated carbocycles. The number of nitrogens with one attached hydrogen (secondary N) is 1. The number of hydrogen-bond donors (Lipinski definition) is 1. The van der Waals surface area contributed by atoms with E-state index in [4.69, 9.17) is 16.3 Å². The molecule has 1 aliphatic heterocycles. The molecule has 1 atom stereocenters. The summed E-state index contributed by atoms with van der Waals surface area (Å²) >= 11 is 6.08. The topological polar surface area (TPSA) is 38.3 Å². The first-order chi connectivity index (χ1) is 9.16. The SMILES string of the molecule is Cc1c(Cl)cccc1N[C@@H]1OC(=O)c2ccccc21. The third-order valence-corrected chi connectivity index (χ3v) is 3.65. The Morgan fingerprint density at radius 1 is 1.16 bits per heavy atom. The molecule has 0 amide bonds. The summed E-state index contributed by atoms with van der Waals surface area (Å²) in [5.41, 5.74) is 3.26. The van der Waals surface area contributed by atoms with E-state index in [1.807, 2.05) is 43.3 Å². The molecule has 3 rings (SSSR count). The molecule has 2 aromatic rings. The largest absolute Gasteiger partial charge is 0.434 e. The van der Waals surface area contributed by atoms with Crippen LogP contribution in [0.15, 0.2) is 42.5 Å². The van der Waals surface area contributed by atoms with Crippen molar-refractivity contribution in [1.29, 1.82) is 0 Å². The van der Waals surface area contributed by atoms with Crippen LogP contribution in [-0.2, 0) is 4.74 Å². The first-order valence-corrected chi connectivity index (χ1v) is 6.36. The van der Waals surface area contributed by atoms with Gasteiger partial charge in [-0.05, 0) is 30.7 Å². The molecular weight excluding hydrogens is 262 g/mol. The molecule has 1 aliphatic rings. The van der Waals surface area contributed by atoms with Gasteiger partial charge in [0, 0.05) is 16.3 Å². The number of anilines is 1. The zero-order valence-corrected chi connectivity index (χ0v) is 11.1. The van der Waals surface area contributed by atoms with Gasteiger partial charge < -0.3 is 10.1 Å². The summed E-state index contributed by atoms with van der Waals surface area (Å²) in [6, 6.07) is 13.0. The average molecular weight is 274 g/mol. The molecular formula is C15H12ClNO2. The van der Waals surface area contributed by atoms with Crippen molar-refractivity contribution >= 4 is 23.3 Å². The van der Waals surface area contributed by atoms with Gasteiger partial charge in [-0.15, -0.1) is 0 Å². The minimum Gasteiger partial charge on any atom is -0.434 e. The summed E-state index contributed by atoms with van der Waals surface area (Å²) in [5, 5.41) is 3.89. The van der Waals surface area contributed by atoms with Gasteiger partial charge in [0.1, 0.15) is 0 Å². The number of esters is 1. The van der Waals surface area contributed by atoms with E-state index in [0.717, 1.165) is 16.8 Å². The van der Waals surface area contributed by atoms with E-state index in [-0.39, 0.29) is 5.97 Å². The molecule has 0 saturated heterocycles. The minimum atomic E-state index is -0.458. The van der Waals surface area contributed by atoms with E-state index in [9.17, 15) is 4.79 Å². The van der Waals surface area contributed by atoms with Crippen LogP contribution in [0.25, 0.3) is 0 Å². The molecule has 1 heterocycles. The van der Waals surface area contributed by atoms with Gasteiger partial charge in [-0.25, -0.2) is 4.79 Å². The Kier molecular flexibility index (Phi) is 2.91. The Morgan fingerprint density at radius 3 is 2.79 bits per heavy atom. The molecule has 2 aromatic carbocycles. The van der Waals surface area contributed by atoms with E-state index in [1.165, 1.54) is 0 Å². The number of rotatable bonds is 2.